The minimum atomic E-state index is -0.448. The highest BCUT2D eigenvalue weighted by Crippen LogP contribution is 2.14. The second kappa shape index (κ2) is 7.93. The third-order valence-corrected chi connectivity index (χ3v) is 3.12. The third-order valence-electron chi connectivity index (χ3n) is 3.12. The van der Waals surface area contributed by atoms with E-state index in [2.05, 4.69) is 27.3 Å². The molecule has 1 aromatic carbocycles. The molecule has 6 nitrogen and oxygen atoms in total. The molecule has 0 fully saturated rings. The first-order chi connectivity index (χ1) is 11.1. The highest BCUT2D eigenvalue weighted by atomic mass is 16.5. The Morgan fingerprint density at radius 1 is 1.17 bits per heavy atom. The number of methoxy groups -OCH3 is 1. The van der Waals surface area contributed by atoms with Gasteiger partial charge in [-0.05, 0) is 36.8 Å². The fourth-order valence-electron chi connectivity index (χ4n) is 1.97. The molecule has 0 saturated carbocycles. The number of amides is 1. The molecule has 2 aromatic rings. The molecule has 2 N–H and O–H groups in total. The van der Waals surface area contributed by atoms with Crippen LogP contribution in [0.1, 0.15) is 34.1 Å². The lowest BCUT2D eigenvalue weighted by Crippen LogP contribution is -2.13. The van der Waals surface area contributed by atoms with Crippen LogP contribution in [0.2, 0.25) is 0 Å². The van der Waals surface area contributed by atoms with Crippen molar-refractivity contribution < 1.29 is 14.3 Å². The summed E-state index contributed by atoms with van der Waals surface area (Å²) in [6.07, 6.45) is 2.55. The van der Waals surface area contributed by atoms with Gasteiger partial charge in [0.05, 0.1) is 12.7 Å². The lowest BCUT2D eigenvalue weighted by Gasteiger charge is -2.08. The van der Waals surface area contributed by atoms with E-state index in [0.717, 1.165) is 13.0 Å². The number of pyridine rings is 1. The van der Waals surface area contributed by atoms with Crippen LogP contribution in [0.4, 0.5) is 11.5 Å². The summed E-state index contributed by atoms with van der Waals surface area (Å²) in [5.41, 5.74) is 1.39. The van der Waals surface area contributed by atoms with E-state index < -0.39 is 5.97 Å². The number of rotatable bonds is 6. The van der Waals surface area contributed by atoms with Crippen molar-refractivity contribution in [3.05, 3.63) is 53.7 Å². The molecule has 1 aromatic heterocycles. The van der Waals surface area contributed by atoms with Gasteiger partial charge in [-0.2, -0.15) is 0 Å². The maximum Gasteiger partial charge on any atom is 0.337 e. The average Bonchev–Trinajstić information content (AvgIpc) is 2.59. The quantitative estimate of drug-likeness (QED) is 0.801. The number of aromatic nitrogens is 1. The van der Waals surface area contributed by atoms with Crippen LogP contribution < -0.4 is 10.6 Å². The van der Waals surface area contributed by atoms with Crippen LogP contribution in [0.25, 0.3) is 0 Å². The number of nitrogens with one attached hydrogen (secondary N) is 2. The molecule has 0 saturated heterocycles. The highest BCUT2D eigenvalue weighted by molar-refractivity contribution is 6.05. The van der Waals surface area contributed by atoms with Gasteiger partial charge in [0, 0.05) is 24.0 Å². The number of anilines is 2. The van der Waals surface area contributed by atoms with Crippen LogP contribution >= 0.6 is 0 Å². The minimum Gasteiger partial charge on any atom is -0.465 e. The molecule has 0 aliphatic carbocycles. The zero-order chi connectivity index (χ0) is 16.7. The van der Waals surface area contributed by atoms with Crippen LogP contribution in [0.3, 0.4) is 0 Å². The molecule has 0 aliphatic heterocycles. The van der Waals surface area contributed by atoms with Crippen LogP contribution in [-0.2, 0) is 4.74 Å². The molecule has 0 aliphatic rings. The number of benzene rings is 1. The lowest BCUT2D eigenvalue weighted by atomic mass is 10.2. The first kappa shape index (κ1) is 16.5. The fraction of sp³-hybridized carbons (Fsp3) is 0.235. The van der Waals surface area contributed by atoms with Gasteiger partial charge >= 0.3 is 5.97 Å². The van der Waals surface area contributed by atoms with Gasteiger partial charge in [-0.15, -0.1) is 0 Å². The van der Waals surface area contributed by atoms with Crippen LogP contribution in [-0.4, -0.2) is 30.5 Å². The number of nitrogens with zero attached hydrogens (tertiary/aromatic N) is 1. The molecule has 120 valence electrons. The molecule has 0 atom stereocenters. The Labute approximate surface area is 134 Å². The summed E-state index contributed by atoms with van der Waals surface area (Å²) in [7, 11) is 1.31. The van der Waals surface area contributed by atoms with Crippen molar-refractivity contribution >= 4 is 23.4 Å². The molecular weight excluding hydrogens is 294 g/mol. The zero-order valence-corrected chi connectivity index (χ0v) is 13.1. The van der Waals surface area contributed by atoms with E-state index in [1.54, 1.807) is 42.6 Å². The number of ether oxygens (including phenoxy) is 1. The normalized spacial score (nSPS) is 10.0. The summed E-state index contributed by atoms with van der Waals surface area (Å²) in [6, 6.07) is 9.91. The van der Waals surface area contributed by atoms with Gasteiger partial charge in [-0.1, -0.05) is 13.0 Å². The largest absolute Gasteiger partial charge is 0.465 e. The van der Waals surface area contributed by atoms with Crippen molar-refractivity contribution in [1.82, 2.24) is 4.98 Å². The molecular formula is C17H19N3O3. The number of carbonyl (C=O) groups is 2. The Kier molecular flexibility index (Phi) is 5.68. The number of carbonyl (C=O) groups excluding carboxylic acids is 2. The molecule has 0 bridgehead atoms. The Hall–Kier alpha value is -2.89. The van der Waals surface area contributed by atoms with E-state index >= 15 is 0 Å². The van der Waals surface area contributed by atoms with Gasteiger partial charge in [0.1, 0.15) is 5.82 Å². The average molecular weight is 313 g/mol. The summed E-state index contributed by atoms with van der Waals surface area (Å²) < 4.78 is 4.67. The third kappa shape index (κ3) is 4.54. The highest BCUT2D eigenvalue weighted by Gasteiger charge is 2.10. The van der Waals surface area contributed by atoms with E-state index in [1.807, 2.05) is 0 Å². The maximum atomic E-state index is 12.3. The van der Waals surface area contributed by atoms with Crippen molar-refractivity contribution in [1.29, 1.82) is 0 Å². The number of esters is 1. The van der Waals surface area contributed by atoms with Gasteiger partial charge in [0.15, 0.2) is 0 Å². The predicted molar refractivity (Wildman–Crippen MR) is 88.8 cm³/mol. The Morgan fingerprint density at radius 3 is 2.74 bits per heavy atom. The maximum absolute atomic E-state index is 12.3. The summed E-state index contributed by atoms with van der Waals surface area (Å²) in [5, 5.41) is 5.89. The lowest BCUT2D eigenvalue weighted by molar-refractivity contribution is 0.0600. The van der Waals surface area contributed by atoms with E-state index in [1.165, 1.54) is 7.11 Å². The van der Waals surface area contributed by atoms with Gasteiger partial charge < -0.3 is 15.4 Å². The Bertz CT molecular complexity index is 701. The van der Waals surface area contributed by atoms with Crippen molar-refractivity contribution in [2.24, 2.45) is 0 Å². The van der Waals surface area contributed by atoms with Crippen molar-refractivity contribution in [2.75, 3.05) is 24.3 Å². The molecule has 1 heterocycles. The minimum absolute atomic E-state index is 0.269. The van der Waals surface area contributed by atoms with Gasteiger partial charge in [0.2, 0.25) is 0 Å². The van der Waals surface area contributed by atoms with E-state index in [-0.39, 0.29) is 5.91 Å². The van der Waals surface area contributed by atoms with E-state index in [4.69, 9.17) is 0 Å². The van der Waals surface area contributed by atoms with Crippen LogP contribution in [0.15, 0.2) is 42.6 Å². The molecule has 1 amide bonds. The molecule has 0 unspecified atom stereocenters. The topological polar surface area (TPSA) is 80.3 Å². The van der Waals surface area contributed by atoms with Crippen molar-refractivity contribution in [3.8, 4) is 0 Å². The molecule has 6 heteroatoms. The second-order valence-electron chi connectivity index (χ2n) is 4.88. The Morgan fingerprint density at radius 2 is 2.00 bits per heavy atom. The smallest absolute Gasteiger partial charge is 0.337 e. The van der Waals surface area contributed by atoms with E-state index in [9.17, 15) is 9.59 Å². The molecule has 0 radical (unpaired) electrons. The Balaban J connectivity index is 2.11. The molecule has 2 rings (SSSR count). The number of hydrogen-bond acceptors (Lipinski definition) is 5. The van der Waals surface area contributed by atoms with Gasteiger partial charge in [0.25, 0.3) is 5.91 Å². The number of hydrogen-bond donors (Lipinski definition) is 2. The van der Waals surface area contributed by atoms with E-state index in [0.29, 0.717) is 22.6 Å². The standard InChI is InChI=1S/C17H19N3O3/c1-3-8-18-15-11-12(7-9-19-15)16(21)20-14-6-4-5-13(10-14)17(22)23-2/h4-7,9-11H,3,8H2,1-2H3,(H,18,19)(H,20,21). The SMILES string of the molecule is CCCNc1cc(C(=O)Nc2cccc(C(=O)OC)c2)ccn1. The van der Waals surface area contributed by atoms with Crippen molar-refractivity contribution in [2.45, 2.75) is 13.3 Å². The monoisotopic (exact) mass is 313 g/mol. The zero-order valence-electron chi connectivity index (χ0n) is 13.1. The molecule has 23 heavy (non-hydrogen) atoms. The van der Waals surface area contributed by atoms with Crippen LogP contribution in [0, 0.1) is 0 Å². The second-order valence-corrected chi connectivity index (χ2v) is 4.88. The summed E-state index contributed by atoms with van der Waals surface area (Å²) in [4.78, 5) is 28.0. The molecule has 0 spiro atoms. The summed E-state index contributed by atoms with van der Waals surface area (Å²) >= 11 is 0. The van der Waals surface area contributed by atoms with Crippen LogP contribution in [0.5, 0.6) is 0 Å². The summed E-state index contributed by atoms with van der Waals surface area (Å²) in [6.45, 7) is 2.84. The first-order valence-corrected chi connectivity index (χ1v) is 7.33. The van der Waals surface area contributed by atoms with Gasteiger partial charge in [-0.25, -0.2) is 9.78 Å². The fourth-order valence-corrected chi connectivity index (χ4v) is 1.97. The predicted octanol–water partition coefficient (Wildman–Crippen LogP) is 2.94. The summed E-state index contributed by atoms with van der Waals surface area (Å²) in [5.74, 6) is -0.0622. The van der Waals surface area contributed by atoms with Crippen molar-refractivity contribution in [3.63, 3.8) is 0 Å². The first-order valence-electron chi connectivity index (χ1n) is 7.33. The van der Waals surface area contributed by atoms with Gasteiger partial charge in [-0.3, -0.25) is 4.79 Å².